The molecule has 2 aromatic carbocycles. The van der Waals surface area contributed by atoms with Crippen molar-refractivity contribution in [2.24, 2.45) is 0 Å². The van der Waals surface area contributed by atoms with Gasteiger partial charge in [0.1, 0.15) is 11.9 Å². The van der Waals surface area contributed by atoms with Crippen LogP contribution in [-0.4, -0.2) is 43.1 Å². The summed E-state index contributed by atoms with van der Waals surface area (Å²) in [5, 5.41) is 4.04. The number of halogens is 2. The average molecular weight is 407 g/mol. The molecule has 0 atom stereocenters. The first kappa shape index (κ1) is 20.0. The van der Waals surface area contributed by atoms with Gasteiger partial charge in [0.15, 0.2) is 0 Å². The van der Waals surface area contributed by atoms with E-state index in [9.17, 15) is 4.79 Å². The first-order chi connectivity index (χ1) is 13.0. The Morgan fingerprint density at radius 1 is 1.15 bits per heavy atom. The Morgan fingerprint density at radius 2 is 1.93 bits per heavy atom. The van der Waals surface area contributed by atoms with Crippen molar-refractivity contribution in [1.29, 1.82) is 0 Å². The van der Waals surface area contributed by atoms with Gasteiger partial charge in [-0.15, -0.1) is 0 Å². The lowest BCUT2D eigenvalue weighted by Gasteiger charge is -2.32. The molecule has 6 heteroatoms. The highest BCUT2D eigenvalue weighted by Gasteiger charge is 2.20. The van der Waals surface area contributed by atoms with E-state index in [1.54, 1.807) is 12.1 Å². The summed E-state index contributed by atoms with van der Waals surface area (Å²) in [7, 11) is 0. The summed E-state index contributed by atoms with van der Waals surface area (Å²) in [6, 6.07) is 13.0. The van der Waals surface area contributed by atoms with E-state index >= 15 is 0 Å². The van der Waals surface area contributed by atoms with Gasteiger partial charge in [0.05, 0.1) is 10.0 Å². The van der Waals surface area contributed by atoms with Crippen molar-refractivity contribution >= 4 is 29.1 Å². The monoisotopic (exact) mass is 406 g/mol. The smallest absolute Gasteiger partial charge is 0.251 e. The second-order valence-corrected chi connectivity index (χ2v) is 7.67. The number of nitrogens with one attached hydrogen (secondary N) is 1. The minimum atomic E-state index is -0.0171. The van der Waals surface area contributed by atoms with Crippen LogP contribution in [0.5, 0.6) is 5.75 Å². The molecule has 1 saturated heterocycles. The van der Waals surface area contributed by atoms with Crippen LogP contribution in [0, 0.1) is 6.92 Å². The molecule has 0 aliphatic carbocycles. The van der Waals surface area contributed by atoms with E-state index in [1.165, 1.54) is 0 Å². The summed E-state index contributed by atoms with van der Waals surface area (Å²) >= 11 is 12.0. The predicted molar refractivity (Wildman–Crippen MR) is 110 cm³/mol. The van der Waals surface area contributed by atoms with Crippen LogP contribution in [0.1, 0.15) is 28.8 Å². The third-order valence-electron chi connectivity index (χ3n) is 4.72. The number of aryl methyl sites for hydroxylation is 1. The number of likely N-dealkylation sites (tertiary alicyclic amines) is 1. The fraction of sp³-hybridized carbons (Fsp3) is 0.381. The molecule has 1 amide bonds. The molecule has 2 aromatic rings. The SMILES string of the molecule is Cc1cccc(C(=O)NCCN2CCC(Oc3ccc(Cl)c(Cl)c3)CC2)c1. The maximum Gasteiger partial charge on any atom is 0.251 e. The standard InChI is InChI=1S/C21H24Cl2N2O2/c1-15-3-2-4-16(13-15)21(26)24-9-12-25-10-7-17(8-11-25)27-18-5-6-19(22)20(23)14-18/h2-6,13-14,17H,7-12H2,1H3,(H,24,26). The molecule has 1 fully saturated rings. The summed E-state index contributed by atoms with van der Waals surface area (Å²) < 4.78 is 6.01. The molecule has 27 heavy (non-hydrogen) atoms. The lowest BCUT2D eigenvalue weighted by molar-refractivity contribution is 0.0905. The predicted octanol–water partition coefficient (Wildman–Crippen LogP) is 4.58. The van der Waals surface area contributed by atoms with Gasteiger partial charge in [-0.05, 0) is 44.0 Å². The highest BCUT2D eigenvalue weighted by Crippen LogP contribution is 2.28. The van der Waals surface area contributed by atoms with Gasteiger partial charge < -0.3 is 15.0 Å². The second kappa shape index (κ2) is 9.45. The van der Waals surface area contributed by atoms with Crippen molar-refractivity contribution in [1.82, 2.24) is 10.2 Å². The van der Waals surface area contributed by atoms with E-state index in [0.717, 1.165) is 43.8 Å². The van der Waals surface area contributed by atoms with Crippen LogP contribution in [0.15, 0.2) is 42.5 Å². The molecule has 0 bridgehead atoms. The summed E-state index contributed by atoms with van der Waals surface area (Å²) in [6.45, 7) is 5.38. The highest BCUT2D eigenvalue weighted by molar-refractivity contribution is 6.42. The van der Waals surface area contributed by atoms with Crippen LogP contribution in [0.4, 0.5) is 0 Å². The summed E-state index contributed by atoms with van der Waals surface area (Å²) in [5.41, 5.74) is 1.80. The van der Waals surface area contributed by atoms with Gasteiger partial charge in [0, 0.05) is 37.8 Å². The molecule has 144 valence electrons. The largest absolute Gasteiger partial charge is 0.490 e. The van der Waals surface area contributed by atoms with Crippen molar-refractivity contribution in [2.45, 2.75) is 25.9 Å². The maximum absolute atomic E-state index is 12.2. The Balaban J connectivity index is 1.38. The Bertz CT molecular complexity index is 790. The van der Waals surface area contributed by atoms with Crippen LogP contribution in [0.2, 0.25) is 10.0 Å². The molecule has 0 radical (unpaired) electrons. The molecule has 0 unspecified atom stereocenters. The van der Waals surface area contributed by atoms with E-state index in [4.69, 9.17) is 27.9 Å². The quantitative estimate of drug-likeness (QED) is 0.763. The zero-order valence-corrected chi connectivity index (χ0v) is 16.9. The fourth-order valence-corrected chi connectivity index (χ4v) is 3.50. The van der Waals surface area contributed by atoms with Crippen LogP contribution in [0.3, 0.4) is 0 Å². The van der Waals surface area contributed by atoms with Crippen molar-refractivity contribution in [3.63, 3.8) is 0 Å². The molecular formula is C21H24Cl2N2O2. The normalized spacial score (nSPS) is 15.5. The zero-order chi connectivity index (χ0) is 19.2. The lowest BCUT2D eigenvalue weighted by Crippen LogP contribution is -2.42. The second-order valence-electron chi connectivity index (χ2n) is 6.86. The number of amides is 1. The zero-order valence-electron chi connectivity index (χ0n) is 15.4. The molecule has 1 aliphatic rings. The number of ether oxygens (including phenoxy) is 1. The van der Waals surface area contributed by atoms with Crippen LogP contribution in [0.25, 0.3) is 0 Å². The third-order valence-corrected chi connectivity index (χ3v) is 5.46. The number of nitrogens with zero attached hydrogens (tertiary/aromatic N) is 1. The van der Waals surface area contributed by atoms with E-state index in [-0.39, 0.29) is 12.0 Å². The van der Waals surface area contributed by atoms with Crippen molar-refractivity contribution in [2.75, 3.05) is 26.2 Å². The van der Waals surface area contributed by atoms with E-state index in [2.05, 4.69) is 10.2 Å². The van der Waals surface area contributed by atoms with E-state index < -0.39 is 0 Å². The number of piperidine rings is 1. The molecule has 1 N–H and O–H groups in total. The van der Waals surface area contributed by atoms with E-state index in [0.29, 0.717) is 22.2 Å². The van der Waals surface area contributed by atoms with Crippen molar-refractivity contribution < 1.29 is 9.53 Å². The first-order valence-corrected chi connectivity index (χ1v) is 9.96. The number of rotatable bonds is 6. The molecule has 1 aliphatic heterocycles. The van der Waals surface area contributed by atoms with Gasteiger partial charge >= 0.3 is 0 Å². The van der Waals surface area contributed by atoms with Gasteiger partial charge in [-0.3, -0.25) is 4.79 Å². The minimum Gasteiger partial charge on any atom is -0.490 e. The van der Waals surface area contributed by atoms with Crippen molar-refractivity contribution in [3.05, 3.63) is 63.6 Å². The van der Waals surface area contributed by atoms with Crippen LogP contribution >= 0.6 is 23.2 Å². The summed E-state index contributed by atoms with van der Waals surface area (Å²) in [5.74, 6) is 0.741. The summed E-state index contributed by atoms with van der Waals surface area (Å²) in [6.07, 6.45) is 2.08. The minimum absolute atomic E-state index is 0.0171. The maximum atomic E-state index is 12.2. The Hall–Kier alpha value is -1.75. The molecule has 0 aromatic heterocycles. The molecule has 0 spiro atoms. The van der Waals surface area contributed by atoms with Gasteiger partial charge in [0.25, 0.3) is 5.91 Å². The molecule has 4 nitrogen and oxygen atoms in total. The molecular weight excluding hydrogens is 383 g/mol. The van der Waals surface area contributed by atoms with Gasteiger partial charge in [0.2, 0.25) is 0 Å². The van der Waals surface area contributed by atoms with E-state index in [1.807, 2.05) is 37.3 Å². The van der Waals surface area contributed by atoms with Gasteiger partial charge in [-0.25, -0.2) is 0 Å². The number of hydrogen-bond donors (Lipinski definition) is 1. The van der Waals surface area contributed by atoms with Gasteiger partial charge in [-0.1, -0.05) is 40.9 Å². The lowest BCUT2D eigenvalue weighted by atomic mass is 10.1. The number of hydrogen-bond acceptors (Lipinski definition) is 3. The Morgan fingerprint density at radius 3 is 2.63 bits per heavy atom. The number of carbonyl (C=O) groups is 1. The van der Waals surface area contributed by atoms with Crippen LogP contribution in [-0.2, 0) is 0 Å². The number of carbonyl (C=O) groups excluding carboxylic acids is 1. The Labute approximate surface area is 170 Å². The highest BCUT2D eigenvalue weighted by atomic mass is 35.5. The molecule has 1 heterocycles. The first-order valence-electron chi connectivity index (χ1n) is 9.20. The van der Waals surface area contributed by atoms with Crippen LogP contribution < -0.4 is 10.1 Å². The Kier molecular flexibility index (Phi) is 7.00. The molecule has 0 saturated carbocycles. The van der Waals surface area contributed by atoms with Gasteiger partial charge in [-0.2, -0.15) is 0 Å². The fourth-order valence-electron chi connectivity index (χ4n) is 3.21. The third kappa shape index (κ3) is 5.86. The topological polar surface area (TPSA) is 41.6 Å². The van der Waals surface area contributed by atoms with Crippen molar-refractivity contribution in [3.8, 4) is 5.75 Å². The summed E-state index contributed by atoms with van der Waals surface area (Å²) in [4.78, 5) is 14.5. The molecule has 3 rings (SSSR count). The number of benzene rings is 2. The average Bonchev–Trinajstić information content (AvgIpc) is 2.66.